The summed E-state index contributed by atoms with van der Waals surface area (Å²) in [6, 6.07) is 3.69. The Balaban J connectivity index is 1.82. The predicted molar refractivity (Wildman–Crippen MR) is 75.4 cm³/mol. The van der Waals surface area contributed by atoms with E-state index in [0.717, 1.165) is 18.5 Å². The summed E-state index contributed by atoms with van der Waals surface area (Å²) in [6.07, 6.45) is 6.44. The first-order valence-corrected chi connectivity index (χ1v) is 6.30. The monoisotopic (exact) mass is 274 g/mol. The van der Waals surface area contributed by atoms with Gasteiger partial charge >= 0.3 is 0 Å². The molecular formula is C13H18N6O. The SMILES string of the molecule is Cn1cc(CCNCc2ccnc(/C(N)=N/O)c2)cn1. The molecule has 2 aromatic rings. The van der Waals surface area contributed by atoms with Crippen molar-refractivity contribution < 1.29 is 5.21 Å². The highest BCUT2D eigenvalue weighted by Crippen LogP contribution is 2.02. The number of oxime groups is 1. The summed E-state index contributed by atoms with van der Waals surface area (Å²) in [5.74, 6) is 0.0159. The summed E-state index contributed by atoms with van der Waals surface area (Å²) in [6.45, 7) is 1.56. The minimum absolute atomic E-state index is 0.0159. The second-order valence-corrected chi connectivity index (χ2v) is 4.48. The number of rotatable bonds is 6. The third kappa shape index (κ3) is 3.79. The maximum Gasteiger partial charge on any atom is 0.188 e. The maximum absolute atomic E-state index is 8.62. The number of nitrogens with zero attached hydrogens (tertiary/aromatic N) is 4. The van der Waals surface area contributed by atoms with Crippen LogP contribution in [0, 0.1) is 0 Å². The minimum Gasteiger partial charge on any atom is -0.409 e. The molecule has 0 bridgehead atoms. The predicted octanol–water partition coefficient (Wildman–Crippen LogP) is 0.242. The van der Waals surface area contributed by atoms with Crippen LogP contribution in [0.1, 0.15) is 16.8 Å². The molecule has 0 fully saturated rings. The molecule has 20 heavy (non-hydrogen) atoms. The van der Waals surface area contributed by atoms with E-state index in [1.165, 1.54) is 5.56 Å². The lowest BCUT2D eigenvalue weighted by Gasteiger charge is -2.05. The Morgan fingerprint density at radius 1 is 1.50 bits per heavy atom. The van der Waals surface area contributed by atoms with E-state index in [0.29, 0.717) is 12.2 Å². The van der Waals surface area contributed by atoms with Crippen LogP contribution in [0.15, 0.2) is 35.9 Å². The fourth-order valence-electron chi connectivity index (χ4n) is 1.84. The van der Waals surface area contributed by atoms with Gasteiger partial charge in [0.2, 0.25) is 0 Å². The third-order valence-corrected chi connectivity index (χ3v) is 2.87. The lowest BCUT2D eigenvalue weighted by molar-refractivity contribution is 0.318. The average molecular weight is 274 g/mol. The summed E-state index contributed by atoms with van der Waals surface area (Å²) >= 11 is 0. The van der Waals surface area contributed by atoms with E-state index in [2.05, 4.69) is 20.6 Å². The van der Waals surface area contributed by atoms with Crippen molar-refractivity contribution in [2.45, 2.75) is 13.0 Å². The smallest absolute Gasteiger partial charge is 0.188 e. The van der Waals surface area contributed by atoms with E-state index in [9.17, 15) is 0 Å². The first kappa shape index (κ1) is 14.0. The lowest BCUT2D eigenvalue weighted by Crippen LogP contribution is -2.18. The lowest BCUT2D eigenvalue weighted by atomic mass is 10.2. The molecule has 2 heterocycles. The van der Waals surface area contributed by atoms with Crippen molar-refractivity contribution >= 4 is 5.84 Å². The highest BCUT2D eigenvalue weighted by Gasteiger charge is 2.02. The maximum atomic E-state index is 8.62. The van der Waals surface area contributed by atoms with Crippen LogP contribution >= 0.6 is 0 Å². The molecule has 0 aliphatic rings. The van der Waals surface area contributed by atoms with Crippen LogP contribution in [-0.4, -0.2) is 32.4 Å². The van der Waals surface area contributed by atoms with Gasteiger partial charge in [-0.3, -0.25) is 9.67 Å². The second-order valence-electron chi connectivity index (χ2n) is 4.48. The Morgan fingerprint density at radius 3 is 3.05 bits per heavy atom. The van der Waals surface area contributed by atoms with Crippen LogP contribution in [0.4, 0.5) is 0 Å². The Labute approximate surface area is 117 Å². The standard InChI is InChI=1S/C13H18N6O/c1-19-9-11(8-17-19)2-4-15-7-10-3-5-16-12(6-10)13(14)18-20/h3,5-6,8-9,15,20H,2,4,7H2,1H3,(H2,14,18). The van der Waals surface area contributed by atoms with Crippen LogP contribution in [-0.2, 0) is 20.0 Å². The van der Waals surface area contributed by atoms with Crippen LogP contribution in [0.25, 0.3) is 0 Å². The molecule has 0 saturated carbocycles. The molecular weight excluding hydrogens is 256 g/mol. The van der Waals surface area contributed by atoms with Crippen molar-refractivity contribution in [3.05, 3.63) is 47.5 Å². The van der Waals surface area contributed by atoms with Gasteiger partial charge in [0.25, 0.3) is 0 Å². The number of hydrogen-bond donors (Lipinski definition) is 3. The largest absolute Gasteiger partial charge is 0.409 e. The van der Waals surface area contributed by atoms with Crippen molar-refractivity contribution in [1.29, 1.82) is 0 Å². The minimum atomic E-state index is 0.0159. The molecule has 0 aliphatic carbocycles. The van der Waals surface area contributed by atoms with Gasteiger partial charge in [-0.1, -0.05) is 5.16 Å². The van der Waals surface area contributed by atoms with E-state index < -0.39 is 0 Å². The number of nitrogens with two attached hydrogens (primary N) is 1. The molecule has 0 spiro atoms. The van der Waals surface area contributed by atoms with Crippen LogP contribution in [0.3, 0.4) is 0 Å². The number of pyridine rings is 1. The zero-order chi connectivity index (χ0) is 14.4. The van der Waals surface area contributed by atoms with Crippen molar-refractivity contribution in [3.63, 3.8) is 0 Å². The molecule has 4 N–H and O–H groups in total. The van der Waals surface area contributed by atoms with Crippen LogP contribution in [0.2, 0.25) is 0 Å². The fraction of sp³-hybridized carbons (Fsp3) is 0.308. The van der Waals surface area contributed by atoms with Crippen LogP contribution < -0.4 is 11.1 Å². The summed E-state index contributed by atoms with van der Waals surface area (Å²) < 4.78 is 1.79. The van der Waals surface area contributed by atoms with Gasteiger partial charge in [-0.15, -0.1) is 0 Å². The summed E-state index contributed by atoms with van der Waals surface area (Å²) in [5.41, 5.74) is 8.21. The third-order valence-electron chi connectivity index (χ3n) is 2.87. The summed E-state index contributed by atoms with van der Waals surface area (Å²) in [4.78, 5) is 4.03. The van der Waals surface area contributed by atoms with E-state index in [4.69, 9.17) is 10.9 Å². The first-order chi connectivity index (χ1) is 9.69. The van der Waals surface area contributed by atoms with Gasteiger partial charge in [-0.2, -0.15) is 5.10 Å². The van der Waals surface area contributed by atoms with E-state index >= 15 is 0 Å². The topological polar surface area (TPSA) is 101 Å². The normalized spacial score (nSPS) is 11.8. The molecule has 7 nitrogen and oxygen atoms in total. The molecule has 2 rings (SSSR count). The number of aryl methyl sites for hydroxylation is 1. The van der Waals surface area contributed by atoms with Crippen molar-refractivity contribution in [2.24, 2.45) is 17.9 Å². The molecule has 0 saturated heterocycles. The van der Waals surface area contributed by atoms with E-state index in [1.807, 2.05) is 25.5 Å². The Bertz CT molecular complexity index is 592. The molecule has 0 aromatic carbocycles. The zero-order valence-electron chi connectivity index (χ0n) is 11.3. The summed E-state index contributed by atoms with van der Waals surface area (Å²) in [5, 5.41) is 19.0. The molecule has 2 aromatic heterocycles. The van der Waals surface area contributed by atoms with Gasteiger partial charge in [-0.25, -0.2) is 0 Å². The average Bonchev–Trinajstić information content (AvgIpc) is 2.88. The van der Waals surface area contributed by atoms with Gasteiger partial charge in [0.1, 0.15) is 5.69 Å². The number of amidine groups is 1. The highest BCUT2D eigenvalue weighted by molar-refractivity contribution is 5.95. The van der Waals surface area contributed by atoms with Gasteiger partial charge in [0, 0.05) is 26.0 Å². The Morgan fingerprint density at radius 2 is 2.35 bits per heavy atom. The molecule has 0 aliphatic heterocycles. The van der Waals surface area contributed by atoms with Crippen LogP contribution in [0.5, 0.6) is 0 Å². The van der Waals surface area contributed by atoms with Gasteiger partial charge < -0.3 is 16.3 Å². The molecule has 106 valence electrons. The number of nitrogens with one attached hydrogen (secondary N) is 1. The molecule has 7 heteroatoms. The summed E-state index contributed by atoms with van der Waals surface area (Å²) in [7, 11) is 1.91. The highest BCUT2D eigenvalue weighted by atomic mass is 16.4. The molecule has 0 radical (unpaired) electrons. The second kappa shape index (κ2) is 6.67. The fourth-order valence-corrected chi connectivity index (χ4v) is 1.84. The Kier molecular flexibility index (Phi) is 4.67. The van der Waals surface area contributed by atoms with E-state index in [1.54, 1.807) is 16.9 Å². The quantitative estimate of drug-likeness (QED) is 0.230. The van der Waals surface area contributed by atoms with Gasteiger partial charge in [0.15, 0.2) is 5.84 Å². The zero-order valence-corrected chi connectivity index (χ0v) is 11.3. The van der Waals surface area contributed by atoms with Crippen molar-refractivity contribution in [3.8, 4) is 0 Å². The Hall–Kier alpha value is -2.41. The molecule has 0 unspecified atom stereocenters. The number of aromatic nitrogens is 3. The van der Waals surface area contributed by atoms with Crippen molar-refractivity contribution in [2.75, 3.05) is 6.54 Å². The van der Waals surface area contributed by atoms with Gasteiger partial charge in [-0.05, 0) is 36.2 Å². The first-order valence-electron chi connectivity index (χ1n) is 6.30. The van der Waals surface area contributed by atoms with Gasteiger partial charge in [0.05, 0.1) is 6.20 Å². The molecule has 0 atom stereocenters. The van der Waals surface area contributed by atoms with Crippen molar-refractivity contribution in [1.82, 2.24) is 20.1 Å². The molecule has 0 amide bonds. The number of hydrogen-bond acceptors (Lipinski definition) is 5. The van der Waals surface area contributed by atoms with E-state index in [-0.39, 0.29) is 5.84 Å².